The van der Waals surface area contributed by atoms with Gasteiger partial charge in [0, 0.05) is 46.0 Å². The van der Waals surface area contributed by atoms with E-state index in [1.807, 2.05) is 17.5 Å². The number of nitrogens with zero attached hydrogens (tertiary/aromatic N) is 4. The van der Waals surface area contributed by atoms with Crippen molar-refractivity contribution in [3.8, 4) is 21.7 Å². The maximum absolute atomic E-state index is 12.9. The van der Waals surface area contributed by atoms with E-state index < -0.39 is 12.7 Å². The van der Waals surface area contributed by atoms with Crippen molar-refractivity contribution in [2.75, 3.05) is 5.32 Å². The number of pyridine rings is 1. The van der Waals surface area contributed by atoms with Crippen LogP contribution in [0.25, 0.3) is 32.6 Å². The minimum absolute atomic E-state index is 0.302. The van der Waals surface area contributed by atoms with Crippen LogP contribution in [-0.2, 0) is 6.54 Å². The number of fused-ring (bicyclic) bond motifs is 1. The van der Waals surface area contributed by atoms with Gasteiger partial charge in [0.1, 0.15) is 11.6 Å². The molecule has 5 rings (SSSR count). The van der Waals surface area contributed by atoms with Gasteiger partial charge in [-0.25, -0.2) is 4.98 Å². The fraction of sp³-hybridized carbons (Fsp3) is 0.0833. The zero-order chi connectivity index (χ0) is 23.7. The normalized spacial score (nSPS) is 11.6. The molecule has 6 nitrogen and oxygen atoms in total. The van der Waals surface area contributed by atoms with Gasteiger partial charge >= 0.3 is 6.18 Å². The van der Waals surface area contributed by atoms with Gasteiger partial charge < -0.3 is 5.32 Å². The molecule has 0 aliphatic rings. The van der Waals surface area contributed by atoms with Crippen molar-refractivity contribution in [3.05, 3.63) is 84.3 Å². The number of halogens is 3. The van der Waals surface area contributed by atoms with E-state index in [9.17, 15) is 18.0 Å². The Hall–Kier alpha value is -4.05. The Morgan fingerprint density at radius 1 is 1.00 bits per heavy atom. The Morgan fingerprint density at radius 2 is 1.82 bits per heavy atom. The number of carbonyl (C=O) groups excluding carboxylic acids is 1. The van der Waals surface area contributed by atoms with Crippen LogP contribution in [0.15, 0.2) is 78.7 Å². The van der Waals surface area contributed by atoms with Gasteiger partial charge in [-0.1, -0.05) is 24.3 Å². The van der Waals surface area contributed by atoms with E-state index in [4.69, 9.17) is 0 Å². The lowest BCUT2D eigenvalue weighted by molar-refractivity contribution is -0.142. The molecule has 0 spiro atoms. The van der Waals surface area contributed by atoms with Crippen LogP contribution < -0.4 is 5.32 Å². The van der Waals surface area contributed by atoms with Gasteiger partial charge in [-0.2, -0.15) is 18.3 Å². The molecule has 0 aliphatic carbocycles. The summed E-state index contributed by atoms with van der Waals surface area (Å²) < 4.78 is 39.0. The van der Waals surface area contributed by atoms with Crippen molar-refractivity contribution in [2.24, 2.45) is 0 Å². The van der Waals surface area contributed by atoms with Gasteiger partial charge in [0.05, 0.1) is 17.4 Å². The van der Waals surface area contributed by atoms with Crippen molar-refractivity contribution < 1.29 is 18.0 Å². The fourth-order valence-electron chi connectivity index (χ4n) is 3.63. The number of nitrogens with one attached hydrogen (secondary N) is 1. The summed E-state index contributed by atoms with van der Waals surface area (Å²) in [6.07, 6.45) is 1.65. The molecule has 10 heteroatoms. The third-order valence-electron chi connectivity index (χ3n) is 5.13. The molecule has 3 aromatic heterocycles. The van der Waals surface area contributed by atoms with E-state index in [1.165, 1.54) is 23.7 Å². The van der Waals surface area contributed by atoms with Crippen molar-refractivity contribution in [1.29, 1.82) is 0 Å². The number of amides is 1. The minimum atomic E-state index is -4.36. The van der Waals surface area contributed by atoms with Gasteiger partial charge in [0.15, 0.2) is 0 Å². The predicted octanol–water partition coefficient (Wildman–Crippen LogP) is 6.04. The van der Waals surface area contributed by atoms with Crippen LogP contribution >= 0.6 is 11.3 Å². The number of alkyl halides is 3. The molecule has 0 unspecified atom stereocenters. The number of hydrogen-bond donors (Lipinski definition) is 1. The summed E-state index contributed by atoms with van der Waals surface area (Å²) in [6.45, 7) is -1.17. The summed E-state index contributed by atoms with van der Waals surface area (Å²) in [6, 6.07) is 14.1. The number of rotatable bonds is 5. The SMILES string of the molecule is O=C(Nc1cccc2c(-c3cnn(CC(F)(F)F)c3)ccnc12)c1ccc(-c2nccs2)cc1. The highest BCUT2D eigenvalue weighted by Crippen LogP contribution is 2.31. The Kier molecular flexibility index (Phi) is 5.58. The van der Waals surface area contributed by atoms with Gasteiger partial charge in [0.25, 0.3) is 5.91 Å². The van der Waals surface area contributed by atoms with E-state index >= 15 is 0 Å². The molecule has 0 bridgehead atoms. The first-order valence-corrected chi connectivity index (χ1v) is 11.0. The van der Waals surface area contributed by atoms with Gasteiger partial charge in [-0.05, 0) is 29.8 Å². The Morgan fingerprint density at radius 3 is 2.56 bits per heavy atom. The standard InChI is InChI=1S/C24H16F3N5OS/c25-24(26,27)14-32-13-17(12-30-32)18-8-9-28-21-19(18)2-1-3-20(21)31-22(33)15-4-6-16(7-5-15)23-29-10-11-34-23/h1-13H,14H2,(H,31,33). The third-order valence-corrected chi connectivity index (χ3v) is 5.95. The smallest absolute Gasteiger partial charge is 0.320 e. The van der Waals surface area contributed by atoms with Crippen LogP contribution in [0.5, 0.6) is 0 Å². The molecule has 0 saturated heterocycles. The summed E-state index contributed by atoms with van der Waals surface area (Å²) in [5.41, 5.74) is 3.61. The molecule has 2 aromatic carbocycles. The number of hydrogen-bond acceptors (Lipinski definition) is 5. The molecule has 0 saturated carbocycles. The van der Waals surface area contributed by atoms with E-state index in [0.717, 1.165) is 15.3 Å². The molecule has 1 N–H and O–H groups in total. The number of anilines is 1. The first-order valence-electron chi connectivity index (χ1n) is 10.2. The average molecular weight is 479 g/mol. The molecule has 5 aromatic rings. The second kappa shape index (κ2) is 8.71. The third kappa shape index (κ3) is 4.53. The maximum atomic E-state index is 12.9. The molecule has 0 radical (unpaired) electrons. The van der Waals surface area contributed by atoms with E-state index in [-0.39, 0.29) is 5.91 Å². The summed E-state index contributed by atoms with van der Waals surface area (Å²) in [7, 11) is 0. The van der Waals surface area contributed by atoms with Crippen molar-refractivity contribution >= 4 is 33.8 Å². The highest BCUT2D eigenvalue weighted by atomic mass is 32.1. The van der Waals surface area contributed by atoms with Crippen LogP contribution in [0, 0.1) is 0 Å². The first-order chi connectivity index (χ1) is 16.4. The van der Waals surface area contributed by atoms with Crippen molar-refractivity contribution in [1.82, 2.24) is 19.7 Å². The number of aromatic nitrogens is 4. The van der Waals surface area contributed by atoms with Gasteiger partial charge in [0.2, 0.25) is 0 Å². The number of benzene rings is 2. The van der Waals surface area contributed by atoms with Crippen LogP contribution in [0.3, 0.4) is 0 Å². The Balaban J connectivity index is 1.42. The first kappa shape index (κ1) is 21.8. The number of para-hydroxylation sites is 1. The molecule has 3 heterocycles. The number of thiazole rings is 1. The fourth-order valence-corrected chi connectivity index (χ4v) is 4.27. The lowest BCUT2D eigenvalue weighted by Gasteiger charge is -2.11. The molecule has 170 valence electrons. The summed E-state index contributed by atoms with van der Waals surface area (Å²) in [5.74, 6) is -0.302. The van der Waals surface area contributed by atoms with Gasteiger partial charge in [-0.3, -0.25) is 14.5 Å². The lowest BCUT2D eigenvalue weighted by atomic mass is 10.0. The highest BCUT2D eigenvalue weighted by Gasteiger charge is 2.28. The summed E-state index contributed by atoms with van der Waals surface area (Å²) >= 11 is 1.52. The van der Waals surface area contributed by atoms with Gasteiger partial charge in [-0.15, -0.1) is 11.3 Å². The quantitative estimate of drug-likeness (QED) is 0.334. The zero-order valence-electron chi connectivity index (χ0n) is 17.5. The molecule has 34 heavy (non-hydrogen) atoms. The number of carbonyl (C=O) groups is 1. The van der Waals surface area contributed by atoms with Crippen molar-refractivity contribution in [2.45, 2.75) is 12.7 Å². The molecule has 0 atom stereocenters. The molecule has 0 aliphatic heterocycles. The van der Waals surface area contributed by atoms with Crippen LogP contribution in [0.1, 0.15) is 10.4 Å². The molecular weight excluding hydrogens is 463 g/mol. The lowest BCUT2D eigenvalue weighted by Crippen LogP contribution is -2.17. The van der Waals surface area contributed by atoms with E-state index in [0.29, 0.717) is 33.3 Å². The van der Waals surface area contributed by atoms with E-state index in [2.05, 4.69) is 20.4 Å². The highest BCUT2D eigenvalue weighted by molar-refractivity contribution is 7.13. The topological polar surface area (TPSA) is 72.7 Å². The second-order valence-electron chi connectivity index (χ2n) is 7.47. The monoisotopic (exact) mass is 479 g/mol. The molecular formula is C24H16F3N5OS. The Bertz CT molecular complexity index is 1460. The predicted molar refractivity (Wildman–Crippen MR) is 125 cm³/mol. The van der Waals surface area contributed by atoms with Crippen LogP contribution in [-0.4, -0.2) is 31.8 Å². The van der Waals surface area contributed by atoms with Crippen LogP contribution in [0.4, 0.5) is 18.9 Å². The second-order valence-corrected chi connectivity index (χ2v) is 8.37. The largest absolute Gasteiger partial charge is 0.408 e. The summed E-state index contributed by atoms with van der Waals surface area (Å²) in [4.78, 5) is 21.5. The summed E-state index contributed by atoms with van der Waals surface area (Å²) in [5, 5.41) is 10.2. The molecule has 0 fully saturated rings. The minimum Gasteiger partial charge on any atom is -0.320 e. The maximum Gasteiger partial charge on any atom is 0.408 e. The van der Waals surface area contributed by atoms with E-state index in [1.54, 1.807) is 48.8 Å². The Labute approximate surface area is 195 Å². The molecule has 1 amide bonds. The zero-order valence-corrected chi connectivity index (χ0v) is 18.3. The van der Waals surface area contributed by atoms with Crippen LogP contribution in [0.2, 0.25) is 0 Å². The average Bonchev–Trinajstić information content (AvgIpc) is 3.50. The van der Waals surface area contributed by atoms with Crippen molar-refractivity contribution in [3.63, 3.8) is 0 Å².